The molecule has 5 heteroatoms. The molecule has 2 fully saturated rings. The Balaban J connectivity index is 1.29. The molecule has 1 aromatic carbocycles. The van der Waals surface area contributed by atoms with Gasteiger partial charge in [0.15, 0.2) is 0 Å². The van der Waals surface area contributed by atoms with Gasteiger partial charge in [0.05, 0.1) is 0 Å². The van der Waals surface area contributed by atoms with Crippen molar-refractivity contribution in [3.63, 3.8) is 0 Å². The van der Waals surface area contributed by atoms with Gasteiger partial charge in [0.1, 0.15) is 0 Å². The van der Waals surface area contributed by atoms with Gasteiger partial charge in [-0.2, -0.15) is 0 Å². The number of rotatable bonds is 9. The van der Waals surface area contributed by atoms with Gasteiger partial charge in [0.2, 0.25) is 5.91 Å². The Morgan fingerprint density at radius 2 is 1.90 bits per heavy atom. The van der Waals surface area contributed by atoms with Crippen LogP contribution in [0.2, 0.25) is 0 Å². The van der Waals surface area contributed by atoms with Gasteiger partial charge >= 0.3 is 0 Å². The third kappa shape index (κ3) is 7.31. The van der Waals surface area contributed by atoms with Crippen molar-refractivity contribution in [3.05, 3.63) is 29.8 Å². The van der Waals surface area contributed by atoms with Crippen LogP contribution in [0.4, 0.5) is 5.69 Å². The van der Waals surface area contributed by atoms with Crippen molar-refractivity contribution in [1.82, 2.24) is 10.2 Å². The van der Waals surface area contributed by atoms with Gasteiger partial charge in [-0.25, -0.2) is 0 Å². The number of ether oxygens (including phenoxy) is 1. The number of nitrogens with zero attached hydrogens (tertiary/aromatic N) is 2. The molecule has 2 aliphatic rings. The van der Waals surface area contributed by atoms with Gasteiger partial charge in [0.25, 0.3) is 0 Å². The van der Waals surface area contributed by atoms with E-state index in [0.29, 0.717) is 19.1 Å². The molecule has 0 atom stereocenters. The number of piperazine rings is 1. The van der Waals surface area contributed by atoms with Crippen LogP contribution in [0.3, 0.4) is 0 Å². The molecular formula is C24H39N3O2. The predicted octanol–water partition coefficient (Wildman–Crippen LogP) is 3.61. The molecule has 0 bridgehead atoms. The fourth-order valence-electron chi connectivity index (χ4n) is 4.69. The van der Waals surface area contributed by atoms with E-state index in [1.54, 1.807) is 7.11 Å². The van der Waals surface area contributed by atoms with Crippen LogP contribution >= 0.6 is 0 Å². The van der Waals surface area contributed by atoms with E-state index in [1.807, 2.05) is 0 Å². The van der Waals surface area contributed by atoms with Crippen LogP contribution in [0, 0.1) is 12.8 Å². The summed E-state index contributed by atoms with van der Waals surface area (Å²) in [5, 5.41) is 3.22. The summed E-state index contributed by atoms with van der Waals surface area (Å²) >= 11 is 0. The van der Waals surface area contributed by atoms with E-state index >= 15 is 0 Å². The van der Waals surface area contributed by atoms with E-state index < -0.39 is 0 Å². The van der Waals surface area contributed by atoms with Crippen LogP contribution in [0.15, 0.2) is 24.3 Å². The SMILES string of the molecule is COCCCC(=O)NC1CCC(CCN2CCN(c3cccc(C)c3)CC2)CC1. The van der Waals surface area contributed by atoms with Gasteiger partial charge in [-0.05, 0) is 75.6 Å². The summed E-state index contributed by atoms with van der Waals surface area (Å²) in [5.41, 5.74) is 2.71. The molecule has 1 aliphatic heterocycles. The summed E-state index contributed by atoms with van der Waals surface area (Å²) in [5.74, 6) is 1.02. The Bertz CT molecular complexity index is 620. The van der Waals surface area contributed by atoms with Gasteiger partial charge < -0.3 is 15.0 Å². The minimum atomic E-state index is 0.192. The zero-order valence-corrected chi connectivity index (χ0v) is 18.4. The minimum absolute atomic E-state index is 0.192. The topological polar surface area (TPSA) is 44.8 Å². The first-order valence-corrected chi connectivity index (χ1v) is 11.5. The summed E-state index contributed by atoms with van der Waals surface area (Å²) in [6, 6.07) is 9.25. The third-order valence-electron chi connectivity index (χ3n) is 6.56. The van der Waals surface area contributed by atoms with Gasteiger partial charge in [-0.3, -0.25) is 9.69 Å². The fraction of sp³-hybridized carbons (Fsp3) is 0.708. The normalized spacial score (nSPS) is 23.2. The molecule has 1 heterocycles. The van der Waals surface area contributed by atoms with E-state index in [0.717, 1.165) is 38.3 Å². The second-order valence-electron chi connectivity index (χ2n) is 8.84. The third-order valence-corrected chi connectivity index (χ3v) is 6.56. The van der Waals surface area contributed by atoms with E-state index in [9.17, 15) is 4.79 Å². The maximum atomic E-state index is 12.0. The lowest BCUT2D eigenvalue weighted by atomic mass is 9.84. The summed E-state index contributed by atoms with van der Waals surface area (Å²) < 4.78 is 5.02. The van der Waals surface area contributed by atoms with Crippen molar-refractivity contribution in [1.29, 1.82) is 0 Å². The molecule has 0 spiro atoms. The number of amides is 1. The molecule has 1 aromatic rings. The smallest absolute Gasteiger partial charge is 0.220 e. The van der Waals surface area contributed by atoms with Crippen LogP contribution in [0.25, 0.3) is 0 Å². The van der Waals surface area contributed by atoms with Crippen LogP contribution in [-0.4, -0.2) is 63.3 Å². The highest BCUT2D eigenvalue weighted by molar-refractivity contribution is 5.76. The van der Waals surface area contributed by atoms with Crippen molar-refractivity contribution in [2.24, 2.45) is 5.92 Å². The number of hydrogen-bond acceptors (Lipinski definition) is 4. The Kier molecular flexibility index (Phi) is 8.81. The van der Waals surface area contributed by atoms with Crippen LogP contribution in [0.1, 0.15) is 50.5 Å². The van der Waals surface area contributed by atoms with Crippen LogP contribution in [0.5, 0.6) is 0 Å². The molecule has 1 saturated heterocycles. The Hall–Kier alpha value is -1.59. The van der Waals surface area contributed by atoms with E-state index in [4.69, 9.17) is 4.74 Å². The molecule has 1 N–H and O–H groups in total. The molecule has 29 heavy (non-hydrogen) atoms. The number of carbonyl (C=O) groups is 1. The van der Waals surface area contributed by atoms with E-state index in [2.05, 4.69) is 46.3 Å². The zero-order chi connectivity index (χ0) is 20.5. The largest absolute Gasteiger partial charge is 0.385 e. The molecule has 0 aromatic heterocycles. The van der Waals surface area contributed by atoms with Gasteiger partial charge in [-0.1, -0.05) is 12.1 Å². The molecule has 0 radical (unpaired) electrons. The van der Waals surface area contributed by atoms with E-state index in [1.165, 1.54) is 50.1 Å². The van der Waals surface area contributed by atoms with Crippen molar-refractivity contribution in [2.45, 2.75) is 57.9 Å². The second kappa shape index (κ2) is 11.6. The summed E-state index contributed by atoms with van der Waals surface area (Å²) in [7, 11) is 1.68. The Morgan fingerprint density at radius 3 is 2.59 bits per heavy atom. The zero-order valence-electron chi connectivity index (χ0n) is 18.4. The molecule has 1 amide bonds. The molecule has 162 valence electrons. The summed E-state index contributed by atoms with van der Waals surface area (Å²) in [6.45, 7) is 8.65. The average molecular weight is 402 g/mol. The highest BCUT2D eigenvalue weighted by atomic mass is 16.5. The van der Waals surface area contributed by atoms with Crippen LogP contribution < -0.4 is 10.2 Å². The maximum Gasteiger partial charge on any atom is 0.220 e. The lowest BCUT2D eigenvalue weighted by Crippen LogP contribution is -2.47. The average Bonchev–Trinajstić information content (AvgIpc) is 2.74. The number of anilines is 1. The number of methoxy groups -OCH3 is 1. The quantitative estimate of drug-likeness (QED) is 0.642. The molecule has 5 nitrogen and oxygen atoms in total. The monoisotopic (exact) mass is 401 g/mol. The number of nitrogens with one attached hydrogen (secondary N) is 1. The van der Waals surface area contributed by atoms with Crippen molar-refractivity contribution in [3.8, 4) is 0 Å². The number of hydrogen-bond donors (Lipinski definition) is 1. The fourth-order valence-corrected chi connectivity index (χ4v) is 4.69. The molecule has 1 saturated carbocycles. The highest BCUT2D eigenvalue weighted by Gasteiger charge is 2.24. The highest BCUT2D eigenvalue weighted by Crippen LogP contribution is 2.27. The number of carbonyl (C=O) groups excluding carboxylic acids is 1. The second-order valence-corrected chi connectivity index (χ2v) is 8.84. The predicted molar refractivity (Wildman–Crippen MR) is 119 cm³/mol. The lowest BCUT2D eigenvalue weighted by molar-refractivity contribution is -0.122. The van der Waals surface area contributed by atoms with Crippen molar-refractivity contribution >= 4 is 11.6 Å². The summed E-state index contributed by atoms with van der Waals surface area (Å²) in [6.07, 6.45) is 7.50. The van der Waals surface area contributed by atoms with Crippen molar-refractivity contribution < 1.29 is 9.53 Å². The molecular weight excluding hydrogens is 362 g/mol. The first-order valence-electron chi connectivity index (χ1n) is 11.5. The van der Waals surface area contributed by atoms with Crippen molar-refractivity contribution in [2.75, 3.05) is 51.3 Å². The Morgan fingerprint density at radius 1 is 1.14 bits per heavy atom. The maximum absolute atomic E-state index is 12.0. The Labute approximate surface area is 176 Å². The summed E-state index contributed by atoms with van der Waals surface area (Å²) in [4.78, 5) is 17.1. The van der Waals surface area contributed by atoms with Crippen LogP contribution in [-0.2, 0) is 9.53 Å². The number of aryl methyl sites for hydroxylation is 1. The number of benzene rings is 1. The lowest BCUT2D eigenvalue weighted by Gasteiger charge is -2.37. The first-order chi connectivity index (χ1) is 14.1. The molecule has 0 unspecified atom stereocenters. The first kappa shape index (κ1) is 22.1. The minimum Gasteiger partial charge on any atom is -0.385 e. The van der Waals surface area contributed by atoms with Gasteiger partial charge in [-0.15, -0.1) is 0 Å². The van der Waals surface area contributed by atoms with Gasteiger partial charge in [0, 0.05) is 58.0 Å². The standard InChI is InChI=1S/C24H39N3O2/c1-20-5-3-6-23(19-20)27-16-14-26(15-17-27)13-12-21-8-10-22(11-9-21)25-24(28)7-4-18-29-2/h3,5-6,19,21-22H,4,7-18H2,1-2H3,(H,25,28). The molecule has 3 rings (SSSR count). The molecule has 1 aliphatic carbocycles. The van der Waals surface area contributed by atoms with E-state index in [-0.39, 0.29) is 5.91 Å².